The molecule has 0 N–H and O–H groups in total. The molecule has 0 radical (unpaired) electrons. The smallest absolute Gasteiger partial charge is 0.121 e. The lowest BCUT2D eigenvalue weighted by Crippen LogP contribution is -2.13. The van der Waals surface area contributed by atoms with Crippen LogP contribution in [0, 0.1) is 6.92 Å². The summed E-state index contributed by atoms with van der Waals surface area (Å²) in [7, 11) is 0. The predicted octanol–water partition coefficient (Wildman–Crippen LogP) is 7.82. The van der Waals surface area contributed by atoms with Gasteiger partial charge in [0.2, 0.25) is 0 Å². The summed E-state index contributed by atoms with van der Waals surface area (Å²) in [6.45, 7) is 10.6. The van der Waals surface area contributed by atoms with Gasteiger partial charge in [0.15, 0.2) is 0 Å². The maximum absolute atomic E-state index is 6.08. The van der Waals surface area contributed by atoms with Crippen LogP contribution in [0.1, 0.15) is 46.1 Å². The Morgan fingerprint density at radius 2 is 1.13 bits per heavy atom. The molecule has 3 nitrogen and oxygen atoms in total. The van der Waals surface area contributed by atoms with Gasteiger partial charge in [0.25, 0.3) is 0 Å². The van der Waals surface area contributed by atoms with Gasteiger partial charge in [-0.3, -0.25) is 0 Å². The molecule has 0 aliphatic rings. The summed E-state index contributed by atoms with van der Waals surface area (Å²) in [6, 6.07) is 25.2. The molecule has 2 unspecified atom stereocenters. The number of hydrogen-bond acceptors (Lipinski definition) is 3. The van der Waals surface area contributed by atoms with Gasteiger partial charge in [0.05, 0.1) is 12.2 Å². The zero-order valence-corrected chi connectivity index (χ0v) is 18.8. The highest BCUT2D eigenvalue weighted by molar-refractivity contribution is 5.77. The van der Waals surface area contributed by atoms with E-state index in [1.165, 1.54) is 5.56 Å². The van der Waals surface area contributed by atoms with Gasteiger partial charge in [0.1, 0.15) is 11.5 Å². The molecule has 3 heteroatoms. The maximum Gasteiger partial charge on any atom is 0.121 e. The molecule has 3 aromatic carbocycles. The van der Waals surface area contributed by atoms with E-state index in [0.29, 0.717) is 0 Å². The first-order chi connectivity index (χ1) is 14.5. The number of ether oxygens (including phenoxy) is 2. The summed E-state index contributed by atoms with van der Waals surface area (Å²) in [5, 5.41) is 0. The Kier molecular flexibility index (Phi) is 7.40. The normalized spacial score (nSPS) is 12.8. The second kappa shape index (κ2) is 10.2. The van der Waals surface area contributed by atoms with Crippen LogP contribution in [-0.4, -0.2) is 12.2 Å². The van der Waals surface area contributed by atoms with Crippen molar-refractivity contribution in [2.24, 2.45) is 0 Å². The SMILES string of the molecule is CCC(C)Oc1cccc(N(c2ccc(C)cc2)c2cccc(OC(C)CC)c2)c1. The van der Waals surface area contributed by atoms with Crippen molar-refractivity contribution >= 4 is 17.1 Å². The Bertz CT molecular complexity index is 880. The van der Waals surface area contributed by atoms with Gasteiger partial charge in [0, 0.05) is 29.2 Å². The van der Waals surface area contributed by atoms with Crippen molar-refractivity contribution in [2.45, 2.75) is 59.7 Å². The predicted molar refractivity (Wildman–Crippen MR) is 127 cm³/mol. The van der Waals surface area contributed by atoms with Gasteiger partial charge >= 0.3 is 0 Å². The molecule has 0 bridgehead atoms. The number of aryl methyl sites for hydroxylation is 1. The van der Waals surface area contributed by atoms with Gasteiger partial charge in [-0.1, -0.05) is 43.7 Å². The maximum atomic E-state index is 6.08. The molecule has 0 heterocycles. The van der Waals surface area contributed by atoms with Crippen LogP contribution in [0.25, 0.3) is 0 Å². The summed E-state index contributed by atoms with van der Waals surface area (Å²) in [4.78, 5) is 2.24. The highest BCUT2D eigenvalue weighted by atomic mass is 16.5. The number of anilines is 3. The summed E-state index contributed by atoms with van der Waals surface area (Å²) < 4.78 is 12.2. The van der Waals surface area contributed by atoms with Crippen LogP contribution < -0.4 is 14.4 Å². The van der Waals surface area contributed by atoms with Crippen LogP contribution in [0.15, 0.2) is 72.8 Å². The van der Waals surface area contributed by atoms with Crippen molar-refractivity contribution in [1.82, 2.24) is 0 Å². The minimum absolute atomic E-state index is 0.181. The van der Waals surface area contributed by atoms with Crippen molar-refractivity contribution in [2.75, 3.05) is 4.90 Å². The van der Waals surface area contributed by atoms with Crippen LogP contribution in [0.3, 0.4) is 0 Å². The van der Waals surface area contributed by atoms with Crippen molar-refractivity contribution in [3.8, 4) is 11.5 Å². The fourth-order valence-corrected chi connectivity index (χ4v) is 3.16. The van der Waals surface area contributed by atoms with Gasteiger partial charge < -0.3 is 14.4 Å². The molecule has 3 rings (SSSR count). The Hall–Kier alpha value is -2.94. The molecule has 0 amide bonds. The van der Waals surface area contributed by atoms with E-state index in [-0.39, 0.29) is 12.2 Å². The van der Waals surface area contributed by atoms with E-state index >= 15 is 0 Å². The van der Waals surface area contributed by atoms with Crippen molar-refractivity contribution in [3.05, 3.63) is 78.4 Å². The van der Waals surface area contributed by atoms with E-state index in [2.05, 4.69) is 88.0 Å². The molecule has 0 aliphatic heterocycles. The van der Waals surface area contributed by atoms with Gasteiger partial charge in [-0.2, -0.15) is 0 Å². The lowest BCUT2D eigenvalue weighted by molar-refractivity contribution is 0.217. The number of hydrogen-bond donors (Lipinski definition) is 0. The highest BCUT2D eigenvalue weighted by Crippen LogP contribution is 2.37. The fraction of sp³-hybridized carbons (Fsp3) is 0.333. The third-order valence-electron chi connectivity index (χ3n) is 5.27. The van der Waals surface area contributed by atoms with E-state index in [9.17, 15) is 0 Å². The standard InChI is InChI=1S/C27H33NO2/c1-6-21(4)29-26-12-8-10-24(18-26)28(23-16-14-20(3)15-17-23)25-11-9-13-27(19-25)30-22(5)7-2/h8-19,21-22H,6-7H2,1-5H3. The average Bonchev–Trinajstić information content (AvgIpc) is 2.75. The summed E-state index contributed by atoms with van der Waals surface area (Å²) in [5.74, 6) is 1.76. The molecule has 0 saturated heterocycles. The molecule has 3 aromatic rings. The van der Waals surface area contributed by atoms with Crippen molar-refractivity contribution in [1.29, 1.82) is 0 Å². The van der Waals surface area contributed by atoms with Gasteiger partial charge in [-0.05, 0) is 70.0 Å². The largest absolute Gasteiger partial charge is 0.491 e. The first kappa shape index (κ1) is 21.8. The second-order valence-corrected chi connectivity index (χ2v) is 7.84. The van der Waals surface area contributed by atoms with Crippen LogP contribution in [0.5, 0.6) is 11.5 Å². The Balaban J connectivity index is 2.03. The second-order valence-electron chi connectivity index (χ2n) is 7.84. The third kappa shape index (κ3) is 5.56. The minimum atomic E-state index is 0.181. The van der Waals surface area contributed by atoms with Crippen LogP contribution in [0.2, 0.25) is 0 Å². The Morgan fingerprint density at radius 1 is 0.667 bits per heavy atom. The summed E-state index contributed by atoms with van der Waals surface area (Å²) in [6.07, 6.45) is 2.31. The molecule has 158 valence electrons. The molecular formula is C27H33NO2. The molecule has 0 aliphatic carbocycles. The fourth-order valence-electron chi connectivity index (χ4n) is 3.16. The summed E-state index contributed by atoms with van der Waals surface area (Å²) >= 11 is 0. The molecular weight excluding hydrogens is 370 g/mol. The zero-order valence-electron chi connectivity index (χ0n) is 18.8. The van der Waals surface area contributed by atoms with Crippen molar-refractivity contribution in [3.63, 3.8) is 0 Å². The quantitative estimate of drug-likeness (QED) is 0.363. The first-order valence-electron chi connectivity index (χ1n) is 10.9. The molecule has 0 spiro atoms. The summed E-state index contributed by atoms with van der Waals surface area (Å²) in [5.41, 5.74) is 4.45. The molecule has 30 heavy (non-hydrogen) atoms. The van der Waals surface area contributed by atoms with Crippen LogP contribution in [-0.2, 0) is 0 Å². The topological polar surface area (TPSA) is 21.7 Å². The average molecular weight is 404 g/mol. The van der Waals surface area contributed by atoms with Gasteiger partial charge in [-0.15, -0.1) is 0 Å². The third-order valence-corrected chi connectivity index (χ3v) is 5.27. The van der Waals surface area contributed by atoms with E-state index < -0.39 is 0 Å². The minimum Gasteiger partial charge on any atom is -0.491 e. The number of rotatable bonds is 9. The van der Waals surface area contributed by atoms with E-state index in [0.717, 1.165) is 41.4 Å². The molecule has 0 fully saturated rings. The lowest BCUT2D eigenvalue weighted by Gasteiger charge is -2.27. The first-order valence-corrected chi connectivity index (χ1v) is 10.9. The molecule has 0 aromatic heterocycles. The molecule has 0 saturated carbocycles. The number of nitrogens with zero attached hydrogens (tertiary/aromatic N) is 1. The van der Waals surface area contributed by atoms with E-state index in [4.69, 9.17) is 9.47 Å². The lowest BCUT2D eigenvalue weighted by atomic mass is 10.1. The zero-order chi connectivity index (χ0) is 21.5. The van der Waals surface area contributed by atoms with Gasteiger partial charge in [-0.25, -0.2) is 0 Å². The van der Waals surface area contributed by atoms with Crippen LogP contribution in [0.4, 0.5) is 17.1 Å². The van der Waals surface area contributed by atoms with E-state index in [1.807, 2.05) is 24.3 Å². The Labute approximate surface area is 181 Å². The monoisotopic (exact) mass is 403 g/mol. The van der Waals surface area contributed by atoms with Crippen molar-refractivity contribution < 1.29 is 9.47 Å². The van der Waals surface area contributed by atoms with E-state index in [1.54, 1.807) is 0 Å². The van der Waals surface area contributed by atoms with Crippen LogP contribution >= 0.6 is 0 Å². The number of benzene rings is 3. The highest BCUT2D eigenvalue weighted by Gasteiger charge is 2.15. The Morgan fingerprint density at radius 3 is 1.57 bits per heavy atom. The molecule has 2 atom stereocenters.